The molecular formula is C11H17N3OS. The van der Waals surface area contributed by atoms with Crippen LogP contribution in [-0.2, 0) is 11.2 Å². The molecule has 1 saturated heterocycles. The summed E-state index contributed by atoms with van der Waals surface area (Å²) in [6.07, 6.45) is 2.31. The Balaban J connectivity index is 1.97. The van der Waals surface area contributed by atoms with Crippen molar-refractivity contribution in [2.24, 2.45) is 0 Å². The summed E-state index contributed by atoms with van der Waals surface area (Å²) < 4.78 is 0. The number of thiazole rings is 1. The second kappa shape index (κ2) is 5.03. The van der Waals surface area contributed by atoms with E-state index in [2.05, 4.69) is 21.8 Å². The number of rotatable bonds is 3. The molecule has 1 aliphatic heterocycles. The van der Waals surface area contributed by atoms with Crippen LogP contribution in [0, 0.1) is 0 Å². The van der Waals surface area contributed by atoms with E-state index in [0.717, 1.165) is 24.5 Å². The van der Waals surface area contributed by atoms with Gasteiger partial charge in [-0.15, -0.1) is 11.3 Å². The van der Waals surface area contributed by atoms with Gasteiger partial charge in [-0.3, -0.25) is 14.7 Å². The predicted octanol–water partition coefficient (Wildman–Crippen LogP) is 0.500. The van der Waals surface area contributed by atoms with E-state index in [1.165, 1.54) is 0 Å². The summed E-state index contributed by atoms with van der Waals surface area (Å²) in [6.45, 7) is 2.85. The molecule has 0 spiro atoms. The predicted molar refractivity (Wildman–Crippen MR) is 64.7 cm³/mol. The molecule has 1 aliphatic rings. The molecule has 0 saturated carbocycles. The van der Waals surface area contributed by atoms with Crippen LogP contribution in [0.2, 0.25) is 0 Å². The Labute approximate surface area is 99.9 Å². The second-order valence-corrected chi connectivity index (χ2v) is 5.34. The maximum absolute atomic E-state index is 12.1. The van der Waals surface area contributed by atoms with E-state index in [4.69, 9.17) is 0 Å². The first-order chi connectivity index (χ1) is 7.66. The summed E-state index contributed by atoms with van der Waals surface area (Å²) in [6, 6.07) is 0.0425. The molecule has 1 aromatic rings. The van der Waals surface area contributed by atoms with Gasteiger partial charge in [-0.05, 0) is 14.1 Å². The number of ketones is 1. The minimum Gasteiger partial charge on any atom is -0.303 e. The zero-order valence-corrected chi connectivity index (χ0v) is 10.5. The summed E-state index contributed by atoms with van der Waals surface area (Å²) in [4.78, 5) is 21.6. The number of carbonyl (C=O) groups is 1. The average molecular weight is 239 g/mol. The molecule has 1 aromatic heterocycles. The Morgan fingerprint density at radius 3 is 3.06 bits per heavy atom. The molecule has 88 valence electrons. The lowest BCUT2D eigenvalue weighted by Crippen LogP contribution is -2.53. The molecule has 0 aliphatic carbocycles. The van der Waals surface area contributed by atoms with Gasteiger partial charge in [0.2, 0.25) is 0 Å². The number of carbonyl (C=O) groups excluding carboxylic acids is 1. The first-order valence-corrected chi connectivity index (χ1v) is 6.33. The number of aromatic nitrogens is 1. The summed E-state index contributed by atoms with van der Waals surface area (Å²) in [5.74, 6) is 0.304. The Morgan fingerprint density at radius 2 is 2.38 bits per heavy atom. The van der Waals surface area contributed by atoms with Crippen LogP contribution in [0.4, 0.5) is 0 Å². The SMILES string of the molecule is CN1CCN(C)C(C(=O)Cc2cncs2)C1. The van der Waals surface area contributed by atoms with Gasteiger partial charge in [0.1, 0.15) is 0 Å². The molecule has 16 heavy (non-hydrogen) atoms. The molecule has 0 N–H and O–H groups in total. The van der Waals surface area contributed by atoms with Crippen LogP contribution in [0.5, 0.6) is 0 Å². The summed E-state index contributed by atoms with van der Waals surface area (Å²) >= 11 is 1.55. The highest BCUT2D eigenvalue weighted by Gasteiger charge is 2.28. The van der Waals surface area contributed by atoms with E-state index < -0.39 is 0 Å². The highest BCUT2D eigenvalue weighted by atomic mass is 32.1. The number of hydrogen-bond acceptors (Lipinski definition) is 5. The lowest BCUT2D eigenvalue weighted by molar-refractivity contribution is -0.125. The van der Waals surface area contributed by atoms with Gasteiger partial charge in [0, 0.05) is 37.1 Å². The van der Waals surface area contributed by atoms with Crippen LogP contribution >= 0.6 is 11.3 Å². The maximum atomic E-state index is 12.1. The van der Waals surface area contributed by atoms with Gasteiger partial charge in [-0.25, -0.2) is 0 Å². The third-order valence-corrected chi connectivity index (χ3v) is 3.83. The van der Waals surface area contributed by atoms with Crippen LogP contribution in [0.15, 0.2) is 11.7 Å². The number of hydrogen-bond donors (Lipinski definition) is 0. The van der Waals surface area contributed by atoms with Crippen molar-refractivity contribution in [2.75, 3.05) is 33.7 Å². The molecule has 0 radical (unpaired) electrons. The Morgan fingerprint density at radius 1 is 1.56 bits per heavy atom. The van der Waals surface area contributed by atoms with E-state index in [1.807, 2.05) is 7.05 Å². The third kappa shape index (κ3) is 2.66. The van der Waals surface area contributed by atoms with Crippen molar-refractivity contribution in [3.63, 3.8) is 0 Å². The first kappa shape index (κ1) is 11.7. The van der Waals surface area contributed by atoms with Gasteiger partial charge >= 0.3 is 0 Å². The molecule has 0 amide bonds. The normalized spacial score (nSPS) is 23.5. The van der Waals surface area contributed by atoms with Gasteiger partial charge in [0.05, 0.1) is 11.6 Å². The lowest BCUT2D eigenvalue weighted by Gasteiger charge is -2.36. The Hall–Kier alpha value is -0.780. The maximum Gasteiger partial charge on any atom is 0.156 e. The van der Waals surface area contributed by atoms with Crippen LogP contribution in [-0.4, -0.2) is 60.3 Å². The number of nitrogens with zero attached hydrogens (tertiary/aromatic N) is 3. The van der Waals surface area contributed by atoms with Gasteiger partial charge in [-0.2, -0.15) is 0 Å². The molecule has 5 heteroatoms. The smallest absolute Gasteiger partial charge is 0.156 e. The standard InChI is InChI=1S/C11H17N3OS/c1-13-3-4-14(2)10(7-13)11(15)5-9-6-12-8-16-9/h6,8,10H,3-5,7H2,1-2H3. The molecule has 1 unspecified atom stereocenters. The van der Waals surface area contributed by atoms with Gasteiger partial charge in [-0.1, -0.05) is 0 Å². The molecule has 2 rings (SSSR count). The minimum absolute atomic E-state index is 0.0425. The van der Waals surface area contributed by atoms with E-state index in [9.17, 15) is 4.79 Å². The van der Waals surface area contributed by atoms with Crippen molar-refractivity contribution < 1.29 is 4.79 Å². The van der Waals surface area contributed by atoms with Gasteiger partial charge in [0.25, 0.3) is 0 Å². The van der Waals surface area contributed by atoms with Crippen LogP contribution in [0.25, 0.3) is 0 Å². The highest BCUT2D eigenvalue weighted by molar-refractivity contribution is 7.09. The topological polar surface area (TPSA) is 36.4 Å². The fourth-order valence-corrected chi connectivity index (χ4v) is 2.58. The van der Waals surface area contributed by atoms with Crippen molar-refractivity contribution in [3.8, 4) is 0 Å². The average Bonchev–Trinajstić information content (AvgIpc) is 2.74. The lowest BCUT2D eigenvalue weighted by atomic mass is 10.1. The number of likely N-dealkylation sites (N-methyl/N-ethyl adjacent to an activating group) is 2. The van der Waals surface area contributed by atoms with E-state index in [-0.39, 0.29) is 6.04 Å². The van der Waals surface area contributed by atoms with E-state index >= 15 is 0 Å². The van der Waals surface area contributed by atoms with Crippen molar-refractivity contribution in [1.29, 1.82) is 0 Å². The number of piperazine rings is 1. The van der Waals surface area contributed by atoms with Crippen LogP contribution in [0.1, 0.15) is 4.88 Å². The van der Waals surface area contributed by atoms with E-state index in [0.29, 0.717) is 12.2 Å². The van der Waals surface area contributed by atoms with Crippen LogP contribution in [0.3, 0.4) is 0 Å². The Bertz CT molecular complexity index is 352. The van der Waals surface area contributed by atoms with Gasteiger partial charge in [0.15, 0.2) is 5.78 Å². The Kier molecular flexibility index (Phi) is 3.68. The summed E-state index contributed by atoms with van der Waals surface area (Å²) in [7, 11) is 4.10. The molecule has 0 aromatic carbocycles. The van der Waals surface area contributed by atoms with E-state index in [1.54, 1.807) is 23.0 Å². The summed E-state index contributed by atoms with van der Waals surface area (Å²) in [5, 5.41) is 0. The second-order valence-electron chi connectivity index (χ2n) is 4.37. The van der Waals surface area contributed by atoms with Crippen LogP contribution < -0.4 is 0 Å². The zero-order chi connectivity index (χ0) is 11.5. The minimum atomic E-state index is 0.0425. The fraction of sp³-hybridized carbons (Fsp3) is 0.636. The molecule has 2 heterocycles. The third-order valence-electron chi connectivity index (χ3n) is 3.05. The highest BCUT2D eigenvalue weighted by Crippen LogP contribution is 2.12. The van der Waals surface area contributed by atoms with Crippen molar-refractivity contribution in [1.82, 2.24) is 14.8 Å². The molecule has 4 nitrogen and oxygen atoms in total. The quantitative estimate of drug-likeness (QED) is 0.769. The molecule has 1 fully saturated rings. The van der Waals surface area contributed by atoms with Crippen molar-refractivity contribution >= 4 is 17.1 Å². The van der Waals surface area contributed by atoms with Crippen molar-refractivity contribution in [3.05, 3.63) is 16.6 Å². The monoisotopic (exact) mass is 239 g/mol. The molecular weight excluding hydrogens is 222 g/mol. The van der Waals surface area contributed by atoms with Crippen molar-refractivity contribution in [2.45, 2.75) is 12.5 Å². The molecule has 1 atom stereocenters. The zero-order valence-electron chi connectivity index (χ0n) is 9.72. The summed E-state index contributed by atoms with van der Waals surface area (Å²) in [5.41, 5.74) is 1.78. The number of Topliss-reactive ketones (excluding diaryl/α,β-unsaturated/α-hetero) is 1. The molecule has 0 bridgehead atoms. The van der Waals surface area contributed by atoms with Gasteiger partial charge < -0.3 is 4.90 Å². The largest absolute Gasteiger partial charge is 0.303 e. The fourth-order valence-electron chi connectivity index (χ4n) is 1.98. The first-order valence-electron chi connectivity index (χ1n) is 5.45.